The van der Waals surface area contributed by atoms with Crippen molar-refractivity contribution < 1.29 is 17.9 Å². The maximum atomic E-state index is 13.1. The molecule has 5 heterocycles. The number of carbonyl (C=O) groups excluding carboxylic acids is 1. The maximum Gasteiger partial charge on any atom is 0.263 e. The molecule has 3 fully saturated rings. The predicted octanol–water partition coefficient (Wildman–Crippen LogP) is 0.0958. The highest BCUT2D eigenvalue weighted by Crippen LogP contribution is 2.44. The summed E-state index contributed by atoms with van der Waals surface area (Å²) in [6.07, 6.45) is 2.68. The molecule has 27 heavy (non-hydrogen) atoms. The van der Waals surface area contributed by atoms with Gasteiger partial charge in [0, 0.05) is 36.3 Å². The number of rotatable bonds is 1. The number of amides is 1. The van der Waals surface area contributed by atoms with E-state index in [1.165, 1.54) is 10.4 Å². The van der Waals surface area contributed by atoms with Crippen LogP contribution in [-0.4, -0.2) is 69.1 Å². The molecule has 4 aliphatic rings. The summed E-state index contributed by atoms with van der Waals surface area (Å²) >= 11 is 1.55. The first-order valence-electron chi connectivity index (χ1n) is 9.64. The zero-order valence-corrected chi connectivity index (χ0v) is 16.8. The van der Waals surface area contributed by atoms with Crippen molar-refractivity contribution in [1.82, 2.24) is 10.2 Å². The van der Waals surface area contributed by atoms with Crippen molar-refractivity contribution >= 4 is 27.1 Å². The minimum Gasteiger partial charge on any atom is -0.370 e. The Morgan fingerprint density at radius 1 is 1.33 bits per heavy atom. The van der Waals surface area contributed by atoms with E-state index in [-0.39, 0.29) is 35.8 Å². The van der Waals surface area contributed by atoms with Crippen LogP contribution < -0.4 is 11.1 Å². The van der Waals surface area contributed by atoms with Crippen LogP contribution in [0.2, 0.25) is 0 Å². The second-order valence-electron chi connectivity index (χ2n) is 8.20. The Kier molecular flexibility index (Phi) is 4.18. The standard InChI is InChI=1S/C18H25N3O4S2/c19-13-10-27(23,24)16-9-21(8-11(13)16)17(22)15-7-12-14(26-15)1-6-25-18(12)2-4-20-5-3-18/h7,11,13,16,20H,1-6,8-10,19H2/t11-,13+,16-/m0/s1. The first-order valence-corrected chi connectivity index (χ1v) is 12.2. The number of nitrogens with one attached hydrogen (secondary N) is 1. The average molecular weight is 412 g/mol. The van der Waals surface area contributed by atoms with Gasteiger partial charge in [0.15, 0.2) is 9.84 Å². The molecule has 0 bridgehead atoms. The van der Waals surface area contributed by atoms with Crippen molar-refractivity contribution in [1.29, 1.82) is 0 Å². The molecule has 0 radical (unpaired) electrons. The monoisotopic (exact) mass is 411 g/mol. The highest BCUT2D eigenvalue weighted by atomic mass is 32.2. The van der Waals surface area contributed by atoms with E-state index in [4.69, 9.17) is 10.5 Å². The van der Waals surface area contributed by atoms with E-state index in [1.807, 2.05) is 6.07 Å². The van der Waals surface area contributed by atoms with Crippen molar-refractivity contribution in [2.24, 2.45) is 11.7 Å². The first-order chi connectivity index (χ1) is 12.9. The summed E-state index contributed by atoms with van der Waals surface area (Å²) in [5, 5.41) is 2.88. The van der Waals surface area contributed by atoms with E-state index in [0.717, 1.165) is 32.4 Å². The van der Waals surface area contributed by atoms with Gasteiger partial charge in [-0.05, 0) is 37.6 Å². The molecule has 1 spiro atoms. The van der Waals surface area contributed by atoms with Gasteiger partial charge in [-0.15, -0.1) is 11.3 Å². The van der Waals surface area contributed by atoms with Crippen LogP contribution in [0.3, 0.4) is 0 Å². The minimum absolute atomic E-state index is 0.0472. The smallest absolute Gasteiger partial charge is 0.263 e. The number of fused-ring (bicyclic) bond motifs is 3. The van der Waals surface area contributed by atoms with Gasteiger partial charge in [-0.3, -0.25) is 4.79 Å². The van der Waals surface area contributed by atoms with Gasteiger partial charge in [0.05, 0.1) is 28.1 Å². The zero-order valence-electron chi connectivity index (χ0n) is 15.1. The molecule has 0 aliphatic carbocycles. The number of likely N-dealkylation sites (tertiary alicyclic amines) is 1. The fourth-order valence-corrected chi connectivity index (χ4v) is 8.65. The number of hydrogen-bond donors (Lipinski definition) is 2. The number of hydrogen-bond acceptors (Lipinski definition) is 7. The second-order valence-corrected chi connectivity index (χ2v) is 11.6. The molecule has 4 aliphatic heterocycles. The Hall–Kier alpha value is -1.00. The number of ether oxygens (including phenoxy) is 1. The SMILES string of the molecule is N[C@@H]1CS(=O)(=O)[C@H]2CN(C(=O)c3cc4c(s3)CCOC43CCNCC3)C[C@@H]12. The average Bonchev–Trinajstić information content (AvgIpc) is 3.32. The molecule has 1 amide bonds. The Balaban J connectivity index is 1.41. The van der Waals surface area contributed by atoms with Gasteiger partial charge >= 0.3 is 0 Å². The van der Waals surface area contributed by atoms with Gasteiger partial charge in [0.2, 0.25) is 0 Å². The van der Waals surface area contributed by atoms with Crippen LogP contribution in [0.5, 0.6) is 0 Å². The molecule has 3 saturated heterocycles. The molecule has 3 N–H and O–H groups in total. The van der Waals surface area contributed by atoms with Gasteiger partial charge in [0.1, 0.15) is 0 Å². The Morgan fingerprint density at radius 3 is 2.85 bits per heavy atom. The normalized spacial score (nSPS) is 33.8. The largest absolute Gasteiger partial charge is 0.370 e. The third-order valence-electron chi connectivity index (χ3n) is 6.66. The van der Waals surface area contributed by atoms with E-state index >= 15 is 0 Å². The summed E-state index contributed by atoms with van der Waals surface area (Å²) < 4.78 is 30.8. The quantitative estimate of drug-likeness (QED) is 0.679. The highest BCUT2D eigenvalue weighted by molar-refractivity contribution is 7.92. The molecule has 0 saturated carbocycles. The molecule has 9 heteroatoms. The molecular formula is C18H25N3O4S2. The van der Waals surface area contributed by atoms with Crippen molar-refractivity contribution in [3.05, 3.63) is 21.4 Å². The summed E-state index contributed by atoms with van der Waals surface area (Å²) in [5.41, 5.74) is 6.94. The number of piperidine rings is 1. The summed E-state index contributed by atoms with van der Waals surface area (Å²) in [5.74, 6) is -0.145. The summed E-state index contributed by atoms with van der Waals surface area (Å²) in [4.78, 5) is 16.8. The molecule has 7 nitrogen and oxygen atoms in total. The fourth-order valence-electron chi connectivity index (χ4n) is 5.19. The van der Waals surface area contributed by atoms with Crippen LogP contribution >= 0.6 is 11.3 Å². The number of nitrogens with zero attached hydrogens (tertiary/aromatic N) is 1. The van der Waals surface area contributed by atoms with Crippen LogP contribution in [0.1, 0.15) is 33.0 Å². The van der Waals surface area contributed by atoms with Crippen molar-refractivity contribution in [2.75, 3.05) is 38.5 Å². The Labute approximate surface area is 163 Å². The fraction of sp³-hybridized carbons (Fsp3) is 0.722. The van der Waals surface area contributed by atoms with E-state index in [2.05, 4.69) is 5.32 Å². The number of thiophene rings is 1. The Morgan fingerprint density at radius 2 is 2.11 bits per heavy atom. The molecule has 1 aromatic rings. The summed E-state index contributed by atoms with van der Waals surface area (Å²) in [6.45, 7) is 3.25. The van der Waals surface area contributed by atoms with Crippen LogP contribution in [0.4, 0.5) is 0 Å². The molecule has 3 atom stereocenters. The lowest BCUT2D eigenvalue weighted by Gasteiger charge is -2.40. The Bertz CT molecular complexity index is 875. The van der Waals surface area contributed by atoms with Gasteiger partial charge in [-0.2, -0.15) is 0 Å². The molecule has 5 rings (SSSR count). The molecule has 1 aromatic heterocycles. The molecular weight excluding hydrogens is 386 g/mol. The van der Waals surface area contributed by atoms with Gasteiger partial charge in [-0.25, -0.2) is 8.42 Å². The third-order valence-corrected chi connectivity index (χ3v) is 10.1. The lowest BCUT2D eigenvalue weighted by atomic mass is 9.83. The van der Waals surface area contributed by atoms with Crippen LogP contribution in [-0.2, 0) is 26.6 Å². The topological polar surface area (TPSA) is 102 Å². The first kappa shape index (κ1) is 18.1. The van der Waals surface area contributed by atoms with E-state index in [1.54, 1.807) is 16.2 Å². The van der Waals surface area contributed by atoms with Gasteiger partial charge < -0.3 is 20.7 Å². The van der Waals surface area contributed by atoms with Crippen LogP contribution in [0, 0.1) is 5.92 Å². The molecule has 0 unspecified atom stereocenters. The van der Waals surface area contributed by atoms with Crippen molar-refractivity contribution in [3.63, 3.8) is 0 Å². The molecule has 148 valence electrons. The van der Waals surface area contributed by atoms with Crippen LogP contribution in [0.15, 0.2) is 6.07 Å². The van der Waals surface area contributed by atoms with Crippen LogP contribution in [0.25, 0.3) is 0 Å². The second kappa shape index (κ2) is 6.25. The summed E-state index contributed by atoms with van der Waals surface area (Å²) in [7, 11) is -3.19. The maximum absolute atomic E-state index is 13.1. The predicted molar refractivity (Wildman–Crippen MR) is 103 cm³/mol. The highest BCUT2D eigenvalue weighted by Gasteiger charge is 2.52. The number of carbonyl (C=O) groups is 1. The van der Waals surface area contributed by atoms with Gasteiger partial charge in [-0.1, -0.05) is 0 Å². The van der Waals surface area contributed by atoms with Crippen molar-refractivity contribution in [3.8, 4) is 0 Å². The molecule has 0 aromatic carbocycles. The van der Waals surface area contributed by atoms with Gasteiger partial charge in [0.25, 0.3) is 5.91 Å². The summed E-state index contributed by atoms with van der Waals surface area (Å²) in [6, 6.07) is 1.65. The van der Waals surface area contributed by atoms with E-state index in [0.29, 0.717) is 18.0 Å². The minimum atomic E-state index is -3.19. The van der Waals surface area contributed by atoms with E-state index < -0.39 is 15.1 Å². The zero-order chi connectivity index (χ0) is 18.8. The lowest BCUT2D eigenvalue weighted by Crippen LogP contribution is -2.44. The van der Waals surface area contributed by atoms with E-state index in [9.17, 15) is 13.2 Å². The third kappa shape index (κ3) is 2.78. The lowest BCUT2D eigenvalue weighted by molar-refractivity contribution is -0.0792. The van der Waals surface area contributed by atoms with Crippen molar-refractivity contribution in [2.45, 2.75) is 36.2 Å². The number of sulfone groups is 1. The number of nitrogens with two attached hydrogens (primary N) is 1.